The summed E-state index contributed by atoms with van der Waals surface area (Å²) in [4.78, 5) is 0. The fourth-order valence-corrected chi connectivity index (χ4v) is 0.581. The minimum atomic E-state index is -4.80. The van der Waals surface area contributed by atoms with Crippen LogP contribution >= 0.6 is 0 Å². The number of hydrogen-bond acceptors (Lipinski definition) is 2. The van der Waals surface area contributed by atoms with Crippen molar-refractivity contribution in [1.29, 1.82) is 0 Å². The molecule has 13 heavy (non-hydrogen) atoms. The molecular weight excluding hydrogens is 211 g/mol. The molecule has 74 valence electrons. The van der Waals surface area contributed by atoms with Crippen molar-refractivity contribution in [1.82, 2.24) is 0 Å². The predicted molar refractivity (Wildman–Crippen MR) is 41.0 cm³/mol. The van der Waals surface area contributed by atoms with E-state index in [4.69, 9.17) is 4.74 Å². The first-order chi connectivity index (χ1) is 5.56. The summed E-state index contributed by atoms with van der Waals surface area (Å²) < 4.78 is 43.8. The molecule has 0 rings (SSSR count). The minimum Gasteiger partial charge on any atom is -0.447 e. The van der Waals surface area contributed by atoms with E-state index in [1.807, 2.05) is 6.92 Å². The second-order valence-corrected chi connectivity index (χ2v) is 2.40. The summed E-state index contributed by atoms with van der Waals surface area (Å²) in [6.45, 7) is -3.18. The van der Waals surface area contributed by atoms with E-state index < -0.39 is 13.5 Å². The molecule has 0 amide bonds. The topological polar surface area (TPSA) is 18.5 Å². The molecule has 0 unspecified atom stereocenters. The number of rotatable bonds is 7. The molecule has 0 aliphatic rings. The third-order valence-electron chi connectivity index (χ3n) is 1.03. The third-order valence-corrected chi connectivity index (χ3v) is 1.03. The smallest absolute Gasteiger partial charge is 0.447 e. The number of hydrogen-bond donors (Lipinski definition) is 0. The van der Waals surface area contributed by atoms with Crippen LogP contribution in [0.15, 0.2) is 0 Å². The summed E-state index contributed by atoms with van der Waals surface area (Å²) in [5.74, 6) is 0. The van der Waals surface area contributed by atoms with Gasteiger partial charge in [-0.2, -0.15) is 0 Å². The molecule has 0 saturated heterocycles. The van der Waals surface area contributed by atoms with Gasteiger partial charge in [0, 0.05) is 13.1 Å². The first kappa shape index (κ1) is 16.8. The molecule has 2 nitrogen and oxygen atoms in total. The SMILES string of the molecule is CCCOCCOC[B-](F)(F)F.[K+]. The average molecular weight is 224 g/mol. The van der Waals surface area contributed by atoms with E-state index in [0.717, 1.165) is 6.42 Å². The van der Waals surface area contributed by atoms with E-state index in [2.05, 4.69) is 4.74 Å². The van der Waals surface area contributed by atoms with Crippen LogP contribution in [0.25, 0.3) is 0 Å². The second-order valence-electron chi connectivity index (χ2n) is 2.40. The molecule has 0 N–H and O–H groups in total. The molecule has 0 aliphatic heterocycles. The van der Waals surface area contributed by atoms with Crippen LogP contribution in [-0.4, -0.2) is 33.3 Å². The van der Waals surface area contributed by atoms with E-state index in [-0.39, 0.29) is 64.6 Å². The zero-order chi connectivity index (χ0) is 9.45. The van der Waals surface area contributed by atoms with Gasteiger partial charge in [0.1, 0.15) is 0 Å². The summed E-state index contributed by atoms with van der Waals surface area (Å²) >= 11 is 0. The fraction of sp³-hybridized carbons (Fsp3) is 1.00. The van der Waals surface area contributed by atoms with Crippen LogP contribution in [0, 0.1) is 0 Å². The van der Waals surface area contributed by atoms with E-state index in [0.29, 0.717) is 6.61 Å². The van der Waals surface area contributed by atoms with Crippen molar-refractivity contribution in [2.24, 2.45) is 0 Å². The van der Waals surface area contributed by atoms with Gasteiger partial charge in [-0.15, -0.1) is 0 Å². The fourth-order valence-electron chi connectivity index (χ4n) is 0.581. The Balaban J connectivity index is 0. The molecule has 0 radical (unpaired) electrons. The molecule has 0 spiro atoms. The van der Waals surface area contributed by atoms with Gasteiger partial charge in [-0.3, -0.25) is 0 Å². The van der Waals surface area contributed by atoms with Gasteiger partial charge >= 0.3 is 58.4 Å². The molecule has 0 aromatic carbocycles. The average Bonchev–Trinajstić information content (AvgIpc) is 1.94. The van der Waals surface area contributed by atoms with Crippen molar-refractivity contribution in [2.75, 3.05) is 26.3 Å². The summed E-state index contributed by atoms with van der Waals surface area (Å²) in [6.07, 6.45) is 0.864. The molecule has 0 fully saturated rings. The molecule has 0 aliphatic carbocycles. The van der Waals surface area contributed by atoms with E-state index >= 15 is 0 Å². The summed E-state index contributed by atoms with van der Waals surface area (Å²) in [7, 11) is 0. The number of ether oxygens (including phenoxy) is 2. The largest absolute Gasteiger partial charge is 1.00 e. The Bertz CT molecular complexity index is 113. The summed E-state index contributed by atoms with van der Waals surface area (Å²) in [6, 6.07) is 0. The molecule has 0 atom stereocenters. The van der Waals surface area contributed by atoms with Gasteiger partial charge in [-0.25, -0.2) is 0 Å². The van der Waals surface area contributed by atoms with Crippen LogP contribution in [0.5, 0.6) is 0 Å². The molecular formula is C6H13BF3KO2. The normalized spacial score (nSPS) is 11.1. The Morgan fingerprint density at radius 2 is 1.54 bits per heavy atom. The molecule has 0 aromatic heterocycles. The van der Waals surface area contributed by atoms with E-state index in [9.17, 15) is 12.9 Å². The Morgan fingerprint density at radius 3 is 2.00 bits per heavy atom. The van der Waals surface area contributed by atoms with Gasteiger partial charge in [0.15, 0.2) is 0 Å². The van der Waals surface area contributed by atoms with Gasteiger partial charge in [-0.05, 0) is 6.42 Å². The Hall–Kier alpha value is 1.41. The van der Waals surface area contributed by atoms with Crippen molar-refractivity contribution >= 4 is 6.98 Å². The summed E-state index contributed by atoms with van der Waals surface area (Å²) in [5.41, 5.74) is 0. The maximum atomic E-state index is 11.5. The maximum Gasteiger partial charge on any atom is 1.00 e. The molecule has 0 aromatic rings. The first-order valence-corrected chi connectivity index (χ1v) is 3.92. The standard InChI is InChI=1S/C6H13BF3O2.K/c1-2-3-11-4-5-12-6-7(8,9)10;/h2-6H2,1H3;/q-1;+1. The van der Waals surface area contributed by atoms with Crippen LogP contribution in [-0.2, 0) is 9.47 Å². The summed E-state index contributed by atoms with van der Waals surface area (Å²) in [5, 5.41) is 0. The van der Waals surface area contributed by atoms with Gasteiger partial charge in [0.2, 0.25) is 0 Å². The quantitative estimate of drug-likeness (QED) is 0.400. The van der Waals surface area contributed by atoms with Crippen LogP contribution in [0.4, 0.5) is 12.9 Å². The monoisotopic (exact) mass is 224 g/mol. The van der Waals surface area contributed by atoms with Crippen molar-refractivity contribution in [3.63, 3.8) is 0 Å². The predicted octanol–water partition coefficient (Wildman–Crippen LogP) is -1.18. The van der Waals surface area contributed by atoms with Crippen molar-refractivity contribution in [3.05, 3.63) is 0 Å². The van der Waals surface area contributed by atoms with Crippen LogP contribution in [0.2, 0.25) is 0 Å². The minimum absolute atomic E-state index is 0. The second kappa shape index (κ2) is 9.95. The third kappa shape index (κ3) is 16.1. The van der Waals surface area contributed by atoms with Gasteiger partial charge in [0.05, 0.1) is 13.2 Å². The maximum absolute atomic E-state index is 11.5. The molecule has 0 heterocycles. The van der Waals surface area contributed by atoms with Crippen LogP contribution < -0.4 is 51.4 Å². The van der Waals surface area contributed by atoms with Crippen LogP contribution in [0.1, 0.15) is 13.3 Å². The molecule has 0 bridgehead atoms. The van der Waals surface area contributed by atoms with Gasteiger partial charge in [0.25, 0.3) is 0 Å². The van der Waals surface area contributed by atoms with E-state index in [1.165, 1.54) is 0 Å². The Labute approximate surface area is 119 Å². The molecule has 0 saturated carbocycles. The Morgan fingerprint density at radius 1 is 1.00 bits per heavy atom. The Kier molecular flexibility index (Phi) is 12.9. The van der Waals surface area contributed by atoms with Crippen molar-refractivity contribution in [2.45, 2.75) is 13.3 Å². The van der Waals surface area contributed by atoms with Crippen molar-refractivity contribution < 1.29 is 73.8 Å². The zero-order valence-corrected chi connectivity index (χ0v) is 11.2. The number of halogens is 3. The molecule has 7 heteroatoms. The first-order valence-electron chi connectivity index (χ1n) is 3.92. The van der Waals surface area contributed by atoms with Crippen LogP contribution in [0.3, 0.4) is 0 Å². The van der Waals surface area contributed by atoms with Crippen molar-refractivity contribution in [3.8, 4) is 0 Å². The zero-order valence-electron chi connectivity index (χ0n) is 8.06. The van der Waals surface area contributed by atoms with Gasteiger partial charge in [-0.1, -0.05) is 6.92 Å². The van der Waals surface area contributed by atoms with E-state index in [1.54, 1.807) is 0 Å². The van der Waals surface area contributed by atoms with Gasteiger partial charge < -0.3 is 22.4 Å².